The van der Waals surface area contributed by atoms with Crippen molar-refractivity contribution < 1.29 is 0 Å². The average Bonchev–Trinajstić information content (AvgIpc) is 2.92. The van der Waals surface area contributed by atoms with Gasteiger partial charge in [0.25, 0.3) is 0 Å². The Balaban J connectivity index is 2.06. The van der Waals surface area contributed by atoms with E-state index in [1.165, 1.54) is 24.1 Å². The van der Waals surface area contributed by atoms with Gasteiger partial charge in [-0.2, -0.15) is 0 Å². The van der Waals surface area contributed by atoms with Gasteiger partial charge in [-0.25, -0.2) is 4.98 Å². The van der Waals surface area contributed by atoms with Crippen LogP contribution >= 0.6 is 0 Å². The molecule has 0 saturated carbocycles. The Morgan fingerprint density at radius 2 is 2.21 bits per heavy atom. The normalized spacial score (nSPS) is 25.7. The number of aromatic nitrogens is 1. The molecule has 0 aromatic carbocycles. The van der Waals surface area contributed by atoms with Crippen molar-refractivity contribution in [3.63, 3.8) is 0 Å². The van der Waals surface area contributed by atoms with Crippen molar-refractivity contribution >= 4 is 11.7 Å². The van der Waals surface area contributed by atoms with E-state index in [0.29, 0.717) is 12.0 Å². The van der Waals surface area contributed by atoms with Crippen molar-refractivity contribution in [3.8, 4) is 0 Å². The van der Waals surface area contributed by atoms with Crippen molar-refractivity contribution in [1.82, 2.24) is 4.98 Å². The summed E-state index contributed by atoms with van der Waals surface area (Å²) in [6.45, 7) is 5.53. The molecule has 1 fully saturated rings. The van der Waals surface area contributed by atoms with Crippen LogP contribution in [-0.2, 0) is 12.8 Å². The molecule has 0 radical (unpaired) electrons. The van der Waals surface area contributed by atoms with Crippen LogP contribution in [0.2, 0.25) is 0 Å². The molecule has 0 spiro atoms. The van der Waals surface area contributed by atoms with Gasteiger partial charge in [0.2, 0.25) is 0 Å². The zero-order valence-electron chi connectivity index (χ0n) is 11.7. The molecular weight excluding hydrogens is 236 g/mol. The van der Waals surface area contributed by atoms with Crippen LogP contribution in [0.15, 0.2) is 6.07 Å². The predicted molar refractivity (Wildman–Crippen MR) is 77.9 cm³/mol. The van der Waals surface area contributed by atoms with Crippen LogP contribution in [0.25, 0.3) is 0 Å². The highest BCUT2D eigenvalue weighted by Crippen LogP contribution is 2.32. The molecule has 4 heteroatoms. The summed E-state index contributed by atoms with van der Waals surface area (Å²) in [6, 6.07) is 2.59. The topological polar surface area (TPSA) is 66.0 Å². The summed E-state index contributed by atoms with van der Waals surface area (Å²) in [5.41, 5.74) is 9.09. The van der Waals surface area contributed by atoms with Gasteiger partial charge in [-0.15, -0.1) is 0 Å². The molecule has 1 aromatic heterocycles. The molecule has 102 valence electrons. The summed E-state index contributed by atoms with van der Waals surface area (Å²) >= 11 is 0. The number of nitrogens with one attached hydrogen (secondary N) is 1. The summed E-state index contributed by atoms with van der Waals surface area (Å²) in [7, 11) is 0. The lowest BCUT2D eigenvalue weighted by atomic mass is 10.1. The van der Waals surface area contributed by atoms with Gasteiger partial charge in [0.15, 0.2) is 0 Å². The Labute approximate surface area is 114 Å². The van der Waals surface area contributed by atoms with E-state index < -0.39 is 0 Å². The zero-order chi connectivity index (χ0) is 13.6. The first kappa shape index (κ1) is 12.5. The highest BCUT2D eigenvalue weighted by molar-refractivity contribution is 6.00. The number of pyridine rings is 1. The summed E-state index contributed by atoms with van der Waals surface area (Å²) < 4.78 is 0. The van der Waals surface area contributed by atoms with Crippen molar-refractivity contribution in [2.75, 3.05) is 11.4 Å². The Bertz CT molecular complexity index is 523. The van der Waals surface area contributed by atoms with Gasteiger partial charge in [-0.1, -0.05) is 6.92 Å². The number of hydrogen-bond donors (Lipinski definition) is 2. The smallest absolute Gasteiger partial charge is 0.140 e. The number of fused-ring (bicyclic) bond motifs is 1. The lowest BCUT2D eigenvalue weighted by molar-refractivity contribution is 0.625. The monoisotopic (exact) mass is 258 g/mol. The van der Waals surface area contributed by atoms with E-state index in [1.54, 1.807) is 0 Å². The third kappa shape index (κ3) is 2.09. The average molecular weight is 258 g/mol. The SMILES string of the molecule is CC1CC(C)N(c2nc3c(cc2C(=N)N)CCC3)C1. The number of nitrogens with two attached hydrogens (primary N) is 1. The first-order valence-corrected chi connectivity index (χ1v) is 7.20. The number of amidine groups is 1. The van der Waals surface area contributed by atoms with Gasteiger partial charge in [-0.3, -0.25) is 5.41 Å². The number of aryl methyl sites for hydroxylation is 2. The minimum Gasteiger partial charge on any atom is -0.384 e. The molecule has 3 rings (SSSR count). The molecule has 2 aliphatic rings. The van der Waals surface area contributed by atoms with Gasteiger partial charge in [-0.05, 0) is 50.2 Å². The fourth-order valence-electron chi connectivity index (χ4n) is 3.47. The van der Waals surface area contributed by atoms with Crippen molar-refractivity contribution in [2.24, 2.45) is 11.7 Å². The summed E-state index contributed by atoms with van der Waals surface area (Å²) in [5.74, 6) is 1.76. The maximum absolute atomic E-state index is 7.83. The lowest BCUT2D eigenvalue weighted by Crippen LogP contribution is -2.31. The van der Waals surface area contributed by atoms with Crippen LogP contribution in [0, 0.1) is 11.3 Å². The Hall–Kier alpha value is -1.58. The third-order valence-corrected chi connectivity index (χ3v) is 4.38. The van der Waals surface area contributed by atoms with E-state index in [9.17, 15) is 0 Å². The van der Waals surface area contributed by atoms with E-state index >= 15 is 0 Å². The fraction of sp³-hybridized carbons (Fsp3) is 0.600. The molecule has 2 heterocycles. The van der Waals surface area contributed by atoms with Crippen LogP contribution in [-0.4, -0.2) is 23.4 Å². The summed E-state index contributed by atoms with van der Waals surface area (Å²) in [6.07, 6.45) is 4.51. The first-order chi connectivity index (χ1) is 9.06. The number of rotatable bonds is 2. The summed E-state index contributed by atoms with van der Waals surface area (Å²) in [4.78, 5) is 7.18. The van der Waals surface area contributed by atoms with Crippen LogP contribution < -0.4 is 10.6 Å². The number of nitrogens with zero attached hydrogens (tertiary/aromatic N) is 2. The largest absolute Gasteiger partial charge is 0.384 e. The van der Waals surface area contributed by atoms with E-state index in [-0.39, 0.29) is 5.84 Å². The van der Waals surface area contributed by atoms with E-state index in [0.717, 1.165) is 30.8 Å². The Morgan fingerprint density at radius 1 is 1.42 bits per heavy atom. The molecule has 1 aromatic rings. The quantitative estimate of drug-likeness (QED) is 0.630. The second-order valence-electron chi connectivity index (χ2n) is 6.07. The zero-order valence-corrected chi connectivity index (χ0v) is 11.7. The lowest BCUT2D eigenvalue weighted by Gasteiger charge is -2.25. The van der Waals surface area contributed by atoms with Crippen LogP contribution in [0.3, 0.4) is 0 Å². The molecule has 2 atom stereocenters. The van der Waals surface area contributed by atoms with E-state index in [2.05, 4.69) is 24.8 Å². The van der Waals surface area contributed by atoms with E-state index in [4.69, 9.17) is 16.1 Å². The molecule has 0 amide bonds. The molecule has 3 N–H and O–H groups in total. The standard InChI is InChI=1S/C15H22N4/c1-9-6-10(2)19(8-9)15-12(14(16)17)7-11-4-3-5-13(11)18-15/h7,9-10H,3-6,8H2,1-2H3,(H3,16,17). The predicted octanol–water partition coefficient (Wildman–Crippen LogP) is 2.09. The molecular formula is C15H22N4. The van der Waals surface area contributed by atoms with E-state index in [1.807, 2.05) is 0 Å². The maximum atomic E-state index is 7.83. The van der Waals surface area contributed by atoms with Crippen molar-refractivity contribution in [1.29, 1.82) is 5.41 Å². The molecule has 1 aliphatic heterocycles. The first-order valence-electron chi connectivity index (χ1n) is 7.20. The Kier molecular flexibility index (Phi) is 2.96. The number of hydrogen-bond acceptors (Lipinski definition) is 3. The number of nitrogen functional groups attached to an aromatic ring is 1. The minimum absolute atomic E-state index is 0.143. The Morgan fingerprint density at radius 3 is 2.84 bits per heavy atom. The highest BCUT2D eigenvalue weighted by Gasteiger charge is 2.30. The molecule has 4 nitrogen and oxygen atoms in total. The molecule has 19 heavy (non-hydrogen) atoms. The second-order valence-corrected chi connectivity index (χ2v) is 6.07. The third-order valence-electron chi connectivity index (χ3n) is 4.38. The summed E-state index contributed by atoms with van der Waals surface area (Å²) in [5, 5.41) is 7.83. The van der Waals surface area contributed by atoms with Gasteiger partial charge in [0.05, 0.1) is 5.56 Å². The highest BCUT2D eigenvalue weighted by atomic mass is 15.2. The van der Waals surface area contributed by atoms with Crippen LogP contribution in [0.4, 0.5) is 5.82 Å². The van der Waals surface area contributed by atoms with Gasteiger partial charge in [0, 0.05) is 18.3 Å². The maximum Gasteiger partial charge on any atom is 0.140 e. The van der Waals surface area contributed by atoms with Crippen LogP contribution in [0.5, 0.6) is 0 Å². The molecule has 1 saturated heterocycles. The van der Waals surface area contributed by atoms with Crippen LogP contribution in [0.1, 0.15) is 43.5 Å². The van der Waals surface area contributed by atoms with Gasteiger partial charge >= 0.3 is 0 Å². The minimum atomic E-state index is 0.143. The van der Waals surface area contributed by atoms with Crippen molar-refractivity contribution in [2.45, 2.75) is 45.6 Å². The van der Waals surface area contributed by atoms with Crippen molar-refractivity contribution in [3.05, 3.63) is 22.9 Å². The van der Waals surface area contributed by atoms with Gasteiger partial charge in [0.1, 0.15) is 11.7 Å². The number of anilines is 1. The van der Waals surface area contributed by atoms with Gasteiger partial charge < -0.3 is 10.6 Å². The fourth-order valence-corrected chi connectivity index (χ4v) is 3.47. The molecule has 1 aliphatic carbocycles. The second kappa shape index (κ2) is 4.51. The molecule has 2 unspecified atom stereocenters. The molecule has 0 bridgehead atoms.